The molecule has 0 fully saturated rings. The van der Waals surface area contributed by atoms with Crippen LogP contribution in [0.1, 0.15) is 13.8 Å². The number of benzene rings is 3. The summed E-state index contributed by atoms with van der Waals surface area (Å²) in [6.45, 7) is 3.65. The molecule has 0 atom stereocenters. The van der Waals surface area contributed by atoms with Gasteiger partial charge in [0.25, 0.3) is 0 Å². The van der Waals surface area contributed by atoms with Crippen molar-refractivity contribution in [2.45, 2.75) is 20.0 Å². The van der Waals surface area contributed by atoms with E-state index in [-0.39, 0.29) is 29.2 Å². The first-order valence-electron chi connectivity index (χ1n) is 10.3. The van der Waals surface area contributed by atoms with Crippen molar-refractivity contribution < 1.29 is 22.7 Å². The van der Waals surface area contributed by atoms with E-state index in [2.05, 4.69) is 20.7 Å². The lowest BCUT2D eigenvalue weighted by Crippen LogP contribution is -2.20. The average molecular weight is 467 g/mol. The summed E-state index contributed by atoms with van der Waals surface area (Å²) in [5.41, 5.74) is 1.02. The summed E-state index contributed by atoms with van der Waals surface area (Å²) in [6.07, 6.45) is -0.180. The molecule has 0 aliphatic rings. The van der Waals surface area contributed by atoms with E-state index >= 15 is 0 Å². The van der Waals surface area contributed by atoms with Crippen LogP contribution in [0, 0.1) is 17.5 Å². The van der Waals surface area contributed by atoms with Gasteiger partial charge < -0.3 is 15.4 Å². The molecule has 0 saturated carbocycles. The van der Waals surface area contributed by atoms with E-state index in [0.717, 1.165) is 12.1 Å². The van der Waals surface area contributed by atoms with Gasteiger partial charge in [-0.2, -0.15) is 4.98 Å². The Kier molecular flexibility index (Phi) is 6.48. The van der Waals surface area contributed by atoms with Crippen LogP contribution < -0.4 is 15.4 Å². The molecule has 0 saturated heterocycles. The highest BCUT2D eigenvalue weighted by molar-refractivity contribution is 5.99. The summed E-state index contributed by atoms with van der Waals surface area (Å²) < 4.78 is 48.2. The maximum Gasteiger partial charge on any atom is 0.336 e. The number of carbonyl (C=O) groups excluding carboxylic acids is 1. The highest BCUT2D eigenvalue weighted by atomic mass is 19.1. The van der Waals surface area contributed by atoms with E-state index in [1.807, 2.05) is 13.8 Å². The second-order valence-corrected chi connectivity index (χ2v) is 7.53. The molecule has 2 amide bonds. The molecular formula is C24H20F3N5O2. The molecular weight excluding hydrogens is 447 g/mol. The van der Waals surface area contributed by atoms with Gasteiger partial charge in [-0.15, -0.1) is 5.10 Å². The molecule has 7 nitrogen and oxygen atoms in total. The Morgan fingerprint density at radius 1 is 0.941 bits per heavy atom. The van der Waals surface area contributed by atoms with E-state index in [1.165, 1.54) is 10.7 Å². The second kappa shape index (κ2) is 9.65. The predicted octanol–water partition coefficient (Wildman–Crippen LogP) is 5.78. The Hall–Kier alpha value is -4.34. The maximum absolute atomic E-state index is 14.5. The number of rotatable bonds is 6. The number of ether oxygens (including phenoxy) is 1. The summed E-state index contributed by atoms with van der Waals surface area (Å²) in [5, 5.41) is 9.22. The zero-order chi connectivity index (χ0) is 24.2. The Morgan fingerprint density at radius 3 is 2.35 bits per heavy atom. The number of aromatic nitrogens is 3. The van der Waals surface area contributed by atoms with E-state index in [1.54, 1.807) is 42.5 Å². The minimum atomic E-state index is -0.892. The quantitative estimate of drug-likeness (QED) is 0.377. The molecule has 3 aromatic carbocycles. The summed E-state index contributed by atoms with van der Waals surface area (Å²) >= 11 is 0. The lowest BCUT2D eigenvalue weighted by Gasteiger charge is -2.10. The fourth-order valence-corrected chi connectivity index (χ4v) is 3.11. The van der Waals surface area contributed by atoms with Crippen molar-refractivity contribution in [3.63, 3.8) is 0 Å². The van der Waals surface area contributed by atoms with Crippen molar-refractivity contribution in [3.05, 3.63) is 84.2 Å². The van der Waals surface area contributed by atoms with Gasteiger partial charge in [-0.3, -0.25) is 0 Å². The first kappa shape index (κ1) is 22.8. The van der Waals surface area contributed by atoms with Gasteiger partial charge in [0.15, 0.2) is 5.82 Å². The monoisotopic (exact) mass is 467 g/mol. The molecule has 0 spiro atoms. The molecule has 0 aliphatic heterocycles. The SMILES string of the molecule is CC(C)Oc1nc(-c2ccccc2F)n(-c2ccc(NC(=O)Nc3ccc(F)cc3F)cc2)n1. The molecule has 34 heavy (non-hydrogen) atoms. The van der Waals surface area contributed by atoms with Crippen molar-refractivity contribution in [3.8, 4) is 23.1 Å². The molecule has 4 rings (SSSR count). The van der Waals surface area contributed by atoms with Gasteiger partial charge in [-0.25, -0.2) is 22.6 Å². The summed E-state index contributed by atoms with van der Waals surface area (Å²) in [7, 11) is 0. The number of halogens is 3. The zero-order valence-electron chi connectivity index (χ0n) is 18.2. The van der Waals surface area contributed by atoms with Crippen molar-refractivity contribution >= 4 is 17.4 Å². The Bertz CT molecular complexity index is 1320. The molecule has 1 heterocycles. The van der Waals surface area contributed by atoms with Gasteiger partial charge in [0.2, 0.25) is 0 Å². The Labute approximate surface area is 193 Å². The maximum atomic E-state index is 14.5. The average Bonchev–Trinajstić information content (AvgIpc) is 3.19. The number of carbonyl (C=O) groups is 1. The molecule has 0 aliphatic carbocycles. The van der Waals surface area contributed by atoms with Gasteiger partial charge in [-0.05, 0) is 62.4 Å². The van der Waals surface area contributed by atoms with Crippen LogP contribution >= 0.6 is 0 Å². The number of hydrogen-bond donors (Lipinski definition) is 2. The van der Waals surface area contributed by atoms with Gasteiger partial charge >= 0.3 is 12.0 Å². The summed E-state index contributed by atoms with van der Waals surface area (Å²) in [5.74, 6) is -1.85. The zero-order valence-corrected chi connectivity index (χ0v) is 18.2. The van der Waals surface area contributed by atoms with Crippen LogP contribution in [0.25, 0.3) is 17.1 Å². The van der Waals surface area contributed by atoms with Gasteiger partial charge in [0.1, 0.15) is 17.5 Å². The normalized spacial score (nSPS) is 10.9. The van der Waals surface area contributed by atoms with Crippen molar-refractivity contribution in [2.24, 2.45) is 0 Å². The van der Waals surface area contributed by atoms with Gasteiger partial charge in [-0.1, -0.05) is 12.1 Å². The summed E-state index contributed by atoms with van der Waals surface area (Å²) in [6, 6.07) is 14.9. The number of urea groups is 1. The predicted molar refractivity (Wildman–Crippen MR) is 122 cm³/mol. The molecule has 2 N–H and O–H groups in total. The van der Waals surface area contributed by atoms with Crippen LogP contribution in [0.4, 0.5) is 29.3 Å². The van der Waals surface area contributed by atoms with E-state index in [0.29, 0.717) is 17.4 Å². The fraction of sp³-hybridized carbons (Fsp3) is 0.125. The molecule has 4 aromatic rings. The largest absolute Gasteiger partial charge is 0.460 e. The molecule has 0 bridgehead atoms. The van der Waals surface area contributed by atoms with Gasteiger partial charge in [0.05, 0.1) is 23.0 Å². The van der Waals surface area contributed by atoms with Crippen LogP contribution in [0.5, 0.6) is 6.01 Å². The number of anilines is 2. The van der Waals surface area contributed by atoms with Gasteiger partial charge in [0, 0.05) is 11.8 Å². The molecule has 0 unspecified atom stereocenters. The smallest absolute Gasteiger partial charge is 0.336 e. The minimum Gasteiger partial charge on any atom is -0.460 e. The van der Waals surface area contributed by atoms with Crippen LogP contribution in [-0.2, 0) is 0 Å². The molecule has 0 radical (unpaired) electrons. The van der Waals surface area contributed by atoms with Crippen molar-refractivity contribution in [1.82, 2.24) is 14.8 Å². The molecule has 174 valence electrons. The van der Waals surface area contributed by atoms with Crippen LogP contribution in [0.3, 0.4) is 0 Å². The first-order valence-corrected chi connectivity index (χ1v) is 10.3. The van der Waals surface area contributed by atoms with Crippen molar-refractivity contribution in [2.75, 3.05) is 10.6 Å². The number of amides is 2. The highest BCUT2D eigenvalue weighted by Crippen LogP contribution is 2.27. The Balaban J connectivity index is 1.57. The lowest BCUT2D eigenvalue weighted by atomic mass is 10.2. The standard InChI is InChI=1S/C24H20F3N5O2/c1-14(2)34-24-30-22(18-5-3-4-6-19(18)26)32(31-24)17-10-8-16(9-11-17)28-23(33)29-21-12-7-15(25)13-20(21)27/h3-14H,1-2H3,(H2,28,29,33). The van der Waals surface area contributed by atoms with E-state index < -0.39 is 23.5 Å². The third-order valence-electron chi connectivity index (χ3n) is 4.59. The number of nitrogens with one attached hydrogen (secondary N) is 2. The minimum absolute atomic E-state index is 0.0937. The van der Waals surface area contributed by atoms with E-state index in [4.69, 9.17) is 4.74 Å². The van der Waals surface area contributed by atoms with Crippen LogP contribution in [-0.4, -0.2) is 26.9 Å². The highest BCUT2D eigenvalue weighted by Gasteiger charge is 2.18. The van der Waals surface area contributed by atoms with Crippen LogP contribution in [0.2, 0.25) is 0 Å². The fourth-order valence-electron chi connectivity index (χ4n) is 3.11. The van der Waals surface area contributed by atoms with Crippen LogP contribution in [0.15, 0.2) is 66.7 Å². The lowest BCUT2D eigenvalue weighted by molar-refractivity contribution is 0.222. The third-order valence-corrected chi connectivity index (χ3v) is 4.59. The number of nitrogens with zero attached hydrogens (tertiary/aromatic N) is 3. The first-order chi connectivity index (χ1) is 16.3. The molecule has 1 aromatic heterocycles. The number of hydrogen-bond acceptors (Lipinski definition) is 4. The Morgan fingerprint density at radius 2 is 1.68 bits per heavy atom. The van der Waals surface area contributed by atoms with Crippen molar-refractivity contribution in [1.29, 1.82) is 0 Å². The second-order valence-electron chi connectivity index (χ2n) is 7.53. The molecule has 10 heteroatoms. The summed E-state index contributed by atoms with van der Waals surface area (Å²) in [4.78, 5) is 16.5. The van der Waals surface area contributed by atoms with E-state index in [9.17, 15) is 18.0 Å². The topological polar surface area (TPSA) is 81.1 Å². The third kappa shape index (κ3) is 5.17.